The molecule has 43 heavy (non-hydrogen) atoms. The third-order valence-corrected chi connectivity index (χ3v) is 6.85. The van der Waals surface area contributed by atoms with Crippen molar-refractivity contribution < 1.29 is 9.90 Å². The molecule has 2 rings (SSSR count). The Morgan fingerprint density at radius 2 is 1.72 bits per heavy atom. The normalized spacial score (nSPS) is 15.0. The van der Waals surface area contributed by atoms with Crippen LogP contribution in [0.25, 0.3) is 0 Å². The summed E-state index contributed by atoms with van der Waals surface area (Å²) in [6, 6.07) is 7.23. The van der Waals surface area contributed by atoms with E-state index in [4.69, 9.17) is 0 Å². The molecular formula is C39H66N2O2. The van der Waals surface area contributed by atoms with E-state index in [1.165, 1.54) is 32.1 Å². The summed E-state index contributed by atoms with van der Waals surface area (Å²) >= 11 is 0. The summed E-state index contributed by atoms with van der Waals surface area (Å²) in [5.41, 5.74) is 4.55. The lowest BCUT2D eigenvalue weighted by molar-refractivity contribution is -0.133. The molecule has 0 radical (unpaired) electrons. The average molecular weight is 595 g/mol. The van der Waals surface area contributed by atoms with Crippen LogP contribution in [-0.2, 0) is 4.79 Å². The Labute approximate surface area is 267 Å². The van der Waals surface area contributed by atoms with Gasteiger partial charge in [0.05, 0.1) is 5.71 Å². The van der Waals surface area contributed by atoms with Gasteiger partial charge < -0.3 is 10.0 Å². The number of para-hydroxylation sites is 1. The minimum atomic E-state index is 0.239. The first-order chi connectivity index (χ1) is 20.5. The first-order valence-corrected chi connectivity index (χ1v) is 16.5. The Balaban J connectivity index is -0.000000618. The van der Waals surface area contributed by atoms with Crippen LogP contribution in [0, 0.1) is 24.2 Å². The third-order valence-electron chi connectivity index (χ3n) is 6.85. The fourth-order valence-electron chi connectivity index (χ4n) is 4.34. The van der Waals surface area contributed by atoms with Crippen molar-refractivity contribution in [3.05, 3.63) is 65.4 Å². The standard InChI is InChI=1S/C17H21NO.C15H29NO.C3H4.2C2H6/c1-6-13(4)14(5)18-16(11-12(2)3)15-9-7-8-10-17(15)19;1-4-7-13(3)9-10-15(17)16-11-6-8-14(5-2)12-16;1-3-2;2*1-2/h6-11,19H,1H2,2-5H3;13-14H,4-12H2,1-3H3;1H,2H3;2*1-2H3/b14-13+,18-16?;;;;. The maximum absolute atomic E-state index is 12.1. The van der Waals surface area contributed by atoms with Crippen LogP contribution in [0.3, 0.4) is 0 Å². The largest absolute Gasteiger partial charge is 0.507 e. The van der Waals surface area contributed by atoms with E-state index in [0.29, 0.717) is 11.8 Å². The van der Waals surface area contributed by atoms with Gasteiger partial charge in [-0.25, -0.2) is 0 Å². The maximum Gasteiger partial charge on any atom is 0.222 e. The van der Waals surface area contributed by atoms with Crippen LogP contribution in [0.5, 0.6) is 5.75 Å². The van der Waals surface area contributed by atoms with Crippen LogP contribution in [0.1, 0.15) is 134 Å². The van der Waals surface area contributed by atoms with E-state index in [2.05, 4.69) is 49.6 Å². The van der Waals surface area contributed by atoms with E-state index in [0.717, 1.165) is 60.0 Å². The van der Waals surface area contributed by atoms with E-state index >= 15 is 0 Å². The number of allylic oxidation sites excluding steroid dienone is 5. The predicted molar refractivity (Wildman–Crippen MR) is 193 cm³/mol. The monoisotopic (exact) mass is 595 g/mol. The molecule has 1 heterocycles. The number of rotatable bonds is 10. The van der Waals surface area contributed by atoms with E-state index in [1.54, 1.807) is 25.1 Å². The molecule has 1 aliphatic rings. The summed E-state index contributed by atoms with van der Waals surface area (Å²) in [6.45, 7) is 30.1. The van der Waals surface area contributed by atoms with Crippen LogP contribution >= 0.6 is 0 Å². The minimum absolute atomic E-state index is 0.239. The van der Waals surface area contributed by atoms with Crippen LogP contribution in [-0.4, -0.2) is 34.7 Å². The topological polar surface area (TPSA) is 52.9 Å². The zero-order valence-corrected chi connectivity index (χ0v) is 30.0. The number of phenolic OH excluding ortho intramolecular Hbond substituents is 1. The first kappa shape index (κ1) is 44.4. The van der Waals surface area contributed by atoms with Gasteiger partial charge in [0.15, 0.2) is 0 Å². The van der Waals surface area contributed by atoms with Crippen molar-refractivity contribution in [3.8, 4) is 18.1 Å². The smallest absolute Gasteiger partial charge is 0.222 e. The first-order valence-electron chi connectivity index (χ1n) is 16.5. The predicted octanol–water partition coefficient (Wildman–Crippen LogP) is 11.2. The van der Waals surface area contributed by atoms with Crippen molar-refractivity contribution in [3.63, 3.8) is 0 Å². The quantitative estimate of drug-likeness (QED) is 0.166. The number of aromatic hydroxyl groups is 1. The van der Waals surface area contributed by atoms with E-state index in [9.17, 15) is 9.90 Å². The van der Waals surface area contributed by atoms with Gasteiger partial charge in [-0.2, -0.15) is 0 Å². The highest BCUT2D eigenvalue weighted by molar-refractivity contribution is 6.11. The number of benzene rings is 1. The summed E-state index contributed by atoms with van der Waals surface area (Å²) < 4.78 is 0. The molecule has 0 aromatic heterocycles. The number of amides is 1. The van der Waals surface area contributed by atoms with Gasteiger partial charge in [-0.3, -0.25) is 9.79 Å². The maximum atomic E-state index is 12.1. The number of nitrogens with zero attached hydrogens (tertiary/aromatic N) is 2. The Morgan fingerprint density at radius 3 is 2.21 bits per heavy atom. The number of phenols is 1. The molecule has 2 atom stereocenters. The molecule has 244 valence electrons. The van der Waals surface area contributed by atoms with E-state index < -0.39 is 0 Å². The zero-order valence-electron chi connectivity index (χ0n) is 30.0. The summed E-state index contributed by atoms with van der Waals surface area (Å²) in [6.07, 6.45) is 16.4. The van der Waals surface area contributed by atoms with Crippen molar-refractivity contribution in [1.82, 2.24) is 4.90 Å². The van der Waals surface area contributed by atoms with Gasteiger partial charge in [0, 0.05) is 30.8 Å². The van der Waals surface area contributed by atoms with Crippen LogP contribution in [0.2, 0.25) is 0 Å². The fourth-order valence-corrected chi connectivity index (χ4v) is 4.34. The lowest BCUT2D eigenvalue weighted by Gasteiger charge is -2.32. The molecule has 1 aromatic rings. The third kappa shape index (κ3) is 21.3. The lowest BCUT2D eigenvalue weighted by atomic mass is 9.94. The Morgan fingerprint density at radius 1 is 1.14 bits per heavy atom. The molecule has 4 heteroatoms. The SMILES string of the molecule is C#CC.C=C/C(C)=C(\C)N=C(C=C(C)C)c1ccccc1O.CC.CC.CCCC(C)CCC(=O)N1CCCC(CC)C1. The second-order valence-electron chi connectivity index (χ2n) is 10.7. The molecule has 1 saturated heterocycles. The average Bonchev–Trinajstić information content (AvgIpc) is 3.02. The number of likely N-dealkylation sites (tertiary alicyclic amines) is 1. The molecule has 1 amide bonds. The highest BCUT2D eigenvalue weighted by atomic mass is 16.3. The number of hydrogen-bond donors (Lipinski definition) is 1. The van der Waals surface area contributed by atoms with Crippen molar-refractivity contribution in [2.75, 3.05) is 13.1 Å². The molecular weight excluding hydrogens is 528 g/mol. The summed E-state index contributed by atoms with van der Waals surface area (Å²) in [4.78, 5) is 18.8. The van der Waals surface area contributed by atoms with E-state index in [-0.39, 0.29) is 5.75 Å². The second-order valence-corrected chi connectivity index (χ2v) is 10.7. The molecule has 1 aliphatic heterocycles. The lowest BCUT2D eigenvalue weighted by Crippen LogP contribution is -2.39. The fraction of sp³-hybridized carbons (Fsp3) is 0.590. The summed E-state index contributed by atoms with van der Waals surface area (Å²) in [7, 11) is 0. The van der Waals surface area contributed by atoms with Gasteiger partial charge in [-0.15, -0.1) is 12.3 Å². The molecule has 0 spiro atoms. The number of terminal acetylenes is 1. The van der Waals surface area contributed by atoms with Crippen LogP contribution in [0.4, 0.5) is 0 Å². The minimum Gasteiger partial charge on any atom is -0.507 e. The number of carbonyl (C=O) groups is 1. The Hall–Kier alpha value is -3.06. The van der Waals surface area contributed by atoms with Crippen molar-refractivity contribution in [2.24, 2.45) is 16.8 Å². The van der Waals surface area contributed by atoms with Gasteiger partial charge in [-0.1, -0.05) is 98.1 Å². The highest BCUT2D eigenvalue weighted by Crippen LogP contribution is 2.22. The van der Waals surface area contributed by atoms with Crippen LogP contribution < -0.4 is 0 Å². The molecule has 0 bridgehead atoms. The number of aliphatic imine (C=N–C) groups is 1. The molecule has 0 saturated carbocycles. The van der Waals surface area contributed by atoms with Gasteiger partial charge in [0.2, 0.25) is 5.91 Å². The number of hydrogen-bond acceptors (Lipinski definition) is 3. The van der Waals surface area contributed by atoms with Crippen LogP contribution in [0.15, 0.2) is 64.8 Å². The molecule has 4 nitrogen and oxygen atoms in total. The molecule has 1 fully saturated rings. The van der Waals surface area contributed by atoms with Crippen molar-refractivity contribution in [1.29, 1.82) is 0 Å². The van der Waals surface area contributed by atoms with Crippen molar-refractivity contribution in [2.45, 2.75) is 128 Å². The molecule has 1 N–H and O–H groups in total. The number of carbonyl (C=O) groups excluding carboxylic acids is 1. The molecule has 2 unspecified atom stereocenters. The van der Waals surface area contributed by atoms with Gasteiger partial charge in [0.25, 0.3) is 0 Å². The zero-order chi connectivity index (χ0) is 33.8. The van der Waals surface area contributed by atoms with E-state index in [1.807, 2.05) is 73.6 Å². The highest BCUT2D eigenvalue weighted by Gasteiger charge is 2.22. The summed E-state index contributed by atoms with van der Waals surface area (Å²) in [5, 5.41) is 9.96. The van der Waals surface area contributed by atoms with Gasteiger partial charge >= 0.3 is 0 Å². The summed E-state index contributed by atoms with van der Waals surface area (Å²) in [5.74, 6) is 4.34. The van der Waals surface area contributed by atoms with Gasteiger partial charge in [-0.05, 0) is 89.5 Å². The second kappa shape index (κ2) is 29.0. The van der Waals surface area contributed by atoms with Crippen molar-refractivity contribution >= 4 is 11.6 Å². The Bertz CT molecular complexity index is 1010. The molecule has 1 aromatic carbocycles. The molecule has 0 aliphatic carbocycles. The van der Waals surface area contributed by atoms with Gasteiger partial charge in [0.1, 0.15) is 5.75 Å². The number of piperidine rings is 1. The Kier molecular flexibility index (Phi) is 30.0.